The molecular formula is C16H25NOS. The van der Waals surface area contributed by atoms with Crippen molar-refractivity contribution < 1.29 is 4.74 Å². The summed E-state index contributed by atoms with van der Waals surface area (Å²) in [6.45, 7) is 10.6. The van der Waals surface area contributed by atoms with E-state index in [1.54, 1.807) is 0 Å². The Morgan fingerprint density at radius 3 is 2.79 bits per heavy atom. The predicted octanol–water partition coefficient (Wildman–Crippen LogP) is 4.01. The van der Waals surface area contributed by atoms with Crippen LogP contribution in [0.3, 0.4) is 0 Å². The van der Waals surface area contributed by atoms with Gasteiger partial charge in [-0.3, -0.25) is 0 Å². The topological polar surface area (TPSA) is 21.3 Å². The zero-order valence-electron chi connectivity index (χ0n) is 12.4. The minimum Gasteiger partial charge on any atom is -0.494 e. The highest BCUT2D eigenvalue weighted by Crippen LogP contribution is 2.42. The first-order chi connectivity index (χ1) is 9.17. The van der Waals surface area contributed by atoms with Crippen LogP contribution in [0.5, 0.6) is 5.75 Å². The van der Waals surface area contributed by atoms with Crippen molar-refractivity contribution in [1.29, 1.82) is 0 Å². The molecule has 19 heavy (non-hydrogen) atoms. The minimum absolute atomic E-state index is 0.444. The van der Waals surface area contributed by atoms with Crippen molar-refractivity contribution in [3.05, 3.63) is 29.3 Å². The van der Waals surface area contributed by atoms with Crippen LogP contribution in [0.4, 0.5) is 0 Å². The molecule has 0 saturated carbocycles. The van der Waals surface area contributed by atoms with Crippen molar-refractivity contribution in [2.24, 2.45) is 5.92 Å². The lowest BCUT2D eigenvalue weighted by molar-refractivity contribution is 0.338. The molecule has 1 N–H and O–H groups in total. The van der Waals surface area contributed by atoms with Crippen LogP contribution < -0.4 is 10.1 Å². The molecule has 2 rings (SSSR count). The average Bonchev–Trinajstić information content (AvgIpc) is 2.39. The maximum Gasteiger partial charge on any atom is 0.119 e. The van der Waals surface area contributed by atoms with Gasteiger partial charge in [0, 0.05) is 17.0 Å². The van der Waals surface area contributed by atoms with E-state index in [-0.39, 0.29) is 0 Å². The molecule has 1 aliphatic rings. The fourth-order valence-electron chi connectivity index (χ4n) is 2.73. The van der Waals surface area contributed by atoms with Crippen LogP contribution >= 0.6 is 11.8 Å². The van der Waals surface area contributed by atoms with Crippen molar-refractivity contribution >= 4 is 11.8 Å². The molecule has 0 spiro atoms. The van der Waals surface area contributed by atoms with E-state index in [4.69, 9.17) is 4.74 Å². The SMILES string of the molecule is CCNC1c2cc(OCC)ccc2CSC1C(C)C. The lowest BCUT2D eigenvalue weighted by atomic mass is 9.92. The van der Waals surface area contributed by atoms with Crippen LogP contribution in [-0.4, -0.2) is 18.4 Å². The molecule has 2 nitrogen and oxygen atoms in total. The Balaban J connectivity index is 2.33. The molecule has 0 saturated heterocycles. The molecule has 0 bridgehead atoms. The van der Waals surface area contributed by atoms with Crippen molar-refractivity contribution in [1.82, 2.24) is 5.32 Å². The van der Waals surface area contributed by atoms with Gasteiger partial charge in [-0.25, -0.2) is 0 Å². The van der Waals surface area contributed by atoms with Crippen molar-refractivity contribution in [3.8, 4) is 5.75 Å². The van der Waals surface area contributed by atoms with Crippen molar-refractivity contribution in [3.63, 3.8) is 0 Å². The minimum atomic E-state index is 0.444. The van der Waals surface area contributed by atoms with E-state index < -0.39 is 0 Å². The fraction of sp³-hybridized carbons (Fsp3) is 0.625. The zero-order chi connectivity index (χ0) is 13.8. The number of hydrogen-bond acceptors (Lipinski definition) is 3. The van der Waals surface area contributed by atoms with Gasteiger partial charge in [-0.2, -0.15) is 11.8 Å². The van der Waals surface area contributed by atoms with Gasteiger partial charge in [0.15, 0.2) is 0 Å². The molecule has 0 fully saturated rings. The van der Waals surface area contributed by atoms with Crippen molar-refractivity contribution in [2.75, 3.05) is 13.2 Å². The number of fused-ring (bicyclic) bond motifs is 1. The summed E-state index contributed by atoms with van der Waals surface area (Å²) in [5.41, 5.74) is 2.89. The van der Waals surface area contributed by atoms with Gasteiger partial charge in [-0.05, 0) is 42.6 Å². The molecule has 3 heteroatoms. The number of thioether (sulfide) groups is 1. The average molecular weight is 279 g/mol. The number of benzene rings is 1. The molecule has 1 aliphatic heterocycles. The summed E-state index contributed by atoms with van der Waals surface area (Å²) in [6.07, 6.45) is 0. The monoisotopic (exact) mass is 279 g/mol. The molecule has 106 valence electrons. The second kappa shape index (κ2) is 6.67. The van der Waals surface area contributed by atoms with Gasteiger partial charge >= 0.3 is 0 Å². The third kappa shape index (κ3) is 3.26. The Bertz CT molecular complexity index is 419. The lowest BCUT2D eigenvalue weighted by Crippen LogP contribution is -2.36. The first kappa shape index (κ1) is 14.7. The van der Waals surface area contributed by atoms with Crippen LogP contribution in [0.1, 0.15) is 44.9 Å². The smallest absolute Gasteiger partial charge is 0.119 e. The van der Waals surface area contributed by atoms with Crippen LogP contribution in [0.2, 0.25) is 0 Å². The Labute approximate surface area is 121 Å². The Morgan fingerprint density at radius 1 is 1.37 bits per heavy atom. The highest BCUT2D eigenvalue weighted by Gasteiger charge is 2.31. The second-order valence-electron chi connectivity index (χ2n) is 5.35. The quantitative estimate of drug-likeness (QED) is 0.880. The predicted molar refractivity (Wildman–Crippen MR) is 83.9 cm³/mol. The number of rotatable bonds is 5. The third-order valence-corrected chi connectivity index (χ3v) is 5.28. The van der Waals surface area contributed by atoms with Crippen LogP contribution in [0.15, 0.2) is 18.2 Å². The van der Waals surface area contributed by atoms with E-state index in [9.17, 15) is 0 Å². The van der Waals surface area contributed by atoms with E-state index in [1.807, 2.05) is 6.92 Å². The van der Waals surface area contributed by atoms with Gasteiger partial charge in [0.25, 0.3) is 0 Å². The summed E-state index contributed by atoms with van der Waals surface area (Å²) >= 11 is 2.08. The summed E-state index contributed by atoms with van der Waals surface area (Å²) in [5, 5.41) is 4.31. The maximum absolute atomic E-state index is 5.66. The van der Waals surface area contributed by atoms with Crippen LogP contribution in [0, 0.1) is 5.92 Å². The fourth-order valence-corrected chi connectivity index (χ4v) is 4.19. The van der Waals surface area contributed by atoms with Gasteiger partial charge in [-0.15, -0.1) is 0 Å². The lowest BCUT2D eigenvalue weighted by Gasteiger charge is -2.36. The van der Waals surface area contributed by atoms with E-state index in [1.165, 1.54) is 11.1 Å². The van der Waals surface area contributed by atoms with Crippen molar-refractivity contribution in [2.45, 2.75) is 44.7 Å². The molecule has 0 aromatic heterocycles. The normalized spacial score (nSPS) is 22.4. The Morgan fingerprint density at radius 2 is 2.16 bits per heavy atom. The largest absolute Gasteiger partial charge is 0.494 e. The molecule has 1 heterocycles. The zero-order valence-corrected chi connectivity index (χ0v) is 13.2. The maximum atomic E-state index is 5.66. The first-order valence-corrected chi connectivity index (χ1v) is 8.32. The number of ether oxygens (including phenoxy) is 1. The second-order valence-corrected chi connectivity index (χ2v) is 6.51. The summed E-state index contributed by atoms with van der Waals surface area (Å²) in [5.74, 6) is 2.79. The van der Waals surface area contributed by atoms with Crippen LogP contribution in [-0.2, 0) is 5.75 Å². The highest BCUT2D eigenvalue weighted by molar-refractivity contribution is 7.99. The molecule has 2 unspecified atom stereocenters. The molecular weight excluding hydrogens is 254 g/mol. The summed E-state index contributed by atoms with van der Waals surface area (Å²) in [4.78, 5) is 0. The third-order valence-electron chi connectivity index (χ3n) is 3.60. The molecule has 1 aromatic carbocycles. The van der Waals surface area contributed by atoms with Crippen LogP contribution in [0.25, 0.3) is 0 Å². The van der Waals surface area contributed by atoms with E-state index in [0.29, 0.717) is 17.2 Å². The van der Waals surface area contributed by atoms with Gasteiger partial charge in [0.2, 0.25) is 0 Å². The summed E-state index contributed by atoms with van der Waals surface area (Å²) in [6, 6.07) is 7.01. The molecule has 2 atom stereocenters. The van der Waals surface area contributed by atoms with Gasteiger partial charge < -0.3 is 10.1 Å². The Hall–Kier alpha value is -0.670. The van der Waals surface area contributed by atoms with E-state index in [2.05, 4.69) is 56.0 Å². The molecule has 0 aliphatic carbocycles. The summed E-state index contributed by atoms with van der Waals surface area (Å²) in [7, 11) is 0. The number of nitrogens with one attached hydrogen (secondary N) is 1. The highest BCUT2D eigenvalue weighted by atomic mass is 32.2. The number of hydrogen-bond donors (Lipinski definition) is 1. The standard InChI is InChI=1S/C16H25NOS/c1-5-17-15-14-9-13(18-6-2)8-7-12(14)10-19-16(15)11(3)4/h7-9,11,15-17H,5-6,10H2,1-4H3. The molecule has 1 aromatic rings. The van der Waals surface area contributed by atoms with E-state index >= 15 is 0 Å². The summed E-state index contributed by atoms with van der Waals surface area (Å²) < 4.78 is 5.66. The van der Waals surface area contributed by atoms with Gasteiger partial charge in [0.05, 0.1) is 6.61 Å². The Kier molecular flexibility index (Phi) is 5.17. The van der Waals surface area contributed by atoms with Gasteiger partial charge in [-0.1, -0.05) is 26.8 Å². The van der Waals surface area contributed by atoms with E-state index in [0.717, 1.165) is 24.7 Å². The van der Waals surface area contributed by atoms with Gasteiger partial charge in [0.1, 0.15) is 5.75 Å². The first-order valence-electron chi connectivity index (χ1n) is 7.28. The molecule has 0 radical (unpaired) electrons. The molecule has 0 amide bonds.